The monoisotopic (exact) mass is 354 g/mol. The molecule has 138 valence electrons. The predicted molar refractivity (Wildman–Crippen MR) is 103 cm³/mol. The lowest BCUT2D eigenvalue weighted by Crippen LogP contribution is -2.40. The van der Waals surface area contributed by atoms with Crippen molar-refractivity contribution in [3.05, 3.63) is 59.7 Å². The van der Waals surface area contributed by atoms with Crippen LogP contribution in [0, 0.1) is 0 Å². The van der Waals surface area contributed by atoms with E-state index in [4.69, 9.17) is 4.74 Å². The van der Waals surface area contributed by atoms with E-state index in [-0.39, 0.29) is 24.3 Å². The predicted octanol–water partition coefficient (Wildman–Crippen LogP) is 3.49. The Labute approximate surface area is 155 Å². The zero-order valence-electron chi connectivity index (χ0n) is 15.8. The Balaban J connectivity index is 2.11. The molecule has 2 aromatic rings. The molecule has 2 aromatic carbocycles. The van der Waals surface area contributed by atoms with Gasteiger partial charge in [-0.25, -0.2) is 0 Å². The number of anilines is 1. The molecule has 2 rings (SSSR count). The van der Waals surface area contributed by atoms with Crippen molar-refractivity contribution in [1.82, 2.24) is 5.32 Å². The molecule has 0 spiro atoms. The van der Waals surface area contributed by atoms with Crippen molar-refractivity contribution in [3.8, 4) is 5.75 Å². The topological polar surface area (TPSA) is 58.6 Å². The number of nitrogens with zero attached hydrogens (tertiary/aromatic N) is 1. The third-order valence-corrected chi connectivity index (χ3v) is 4.20. The second-order valence-electron chi connectivity index (χ2n) is 6.41. The van der Waals surface area contributed by atoms with Gasteiger partial charge in [-0.3, -0.25) is 9.59 Å². The van der Waals surface area contributed by atoms with Crippen LogP contribution in [-0.2, 0) is 16.1 Å². The highest BCUT2D eigenvalue weighted by atomic mass is 16.5. The summed E-state index contributed by atoms with van der Waals surface area (Å²) in [7, 11) is 1.60. The Morgan fingerprint density at radius 3 is 2.38 bits per heavy atom. The van der Waals surface area contributed by atoms with Crippen LogP contribution in [0.3, 0.4) is 0 Å². The number of benzene rings is 2. The number of hydrogen-bond acceptors (Lipinski definition) is 3. The second-order valence-corrected chi connectivity index (χ2v) is 6.41. The highest BCUT2D eigenvalue weighted by molar-refractivity contribution is 5.98. The van der Waals surface area contributed by atoms with Crippen LogP contribution in [0.1, 0.15) is 37.8 Å². The van der Waals surface area contributed by atoms with Crippen molar-refractivity contribution in [1.29, 1.82) is 0 Å². The van der Waals surface area contributed by atoms with E-state index < -0.39 is 0 Å². The number of rotatable bonds is 7. The van der Waals surface area contributed by atoms with Gasteiger partial charge in [0, 0.05) is 24.7 Å². The minimum atomic E-state index is -0.218. The van der Waals surface area contributed by atoms with E-state index in [0.717, 1.165) is 22.6 Å². The molecule has 0 fully saturated rings. The van der Waals surface area contributed by atoms with Crippen molar-refractivity contribution in [2.24, 2.45) is 0 Å². The minimum Gasteiger partial charge on any atom is -0.496 e. The molecule has 5 nitrogen and oxygen atoms in total. The zero-order valence-corrected chi connectivity index (χ0v) is 15.8. The Kier molecular flexibility index (Phi) is 6.78. The fourth-order valence-corrected chi connectivity index (χ4v) is 2.83. The molecule has 0 aliphatic rings. The summed E-state index contributed by atoms with van der Waals surface area (Å²) >= 11 is 0. The maximum absolute atomic E-state index is 12.4. The van der Waals surface area contributed by atoms with Crippen LogP contribution in [0.25, 0.3) is 0 Å². The summed E-state index contributed by atoms with van der Waals surface area (Å²) in [5.41, 5.74) is 2.71. The first kappa shape index (κ1) is 19.5. The highest BCUT2D eigenvalue weighted by Crippen LogP contribution is 2.27. The first-order valence-electron chi connectivity index (χ1n) is 8.69. The van der Waals surface area contributed by atoms with E-state index in [0.29, 0.717) is 6.54 Å². The normalized spacial score (nSPS) is 10.5. The summed E-state index contributed by atoms with van der Waals surface area (Å²) in [5.74, 6) is 0.598. The number of carbonyl (C=O) groups excluding carboxylic acids is 2. The van der Waals surface area contributed by atoms with E-state index in [1.54, 1.807) is 7.11 Å². The molecule has 0 aliphatic heterocycles. The lowest BCUT2D eigenvalue weighted by molar-refractivity contribution is -0.123. The number of hydrogen-bond donors (Lipinski definition) is 1. The van der Waals surface area contributed by atoms with Gasteiger partial charge in [-0.1, -0.05) is 50.2 Å². The molecule has 26 heavy (non-hydrogen) atoms. The van der Waals surface area contributed by atoms with Crippen molar-refractivity contribution < 1.29 is 14.3 Å². The van der Waals surface area contributed by atoms with Crippen molar-refractivity contribution >= 4 is 17.5 Å². The van der Waals surface area contributed by atoms with Crippen molar-refractivity contribution in [2.45, 2.75) is 33.2 Å². The number of carbonyl (C=O) groups is 2. The molecular weight excluding hydrogens is 328 g/mol. The van der Waals surface area contributed by atoms with E-state index in [1.807, 2.05) is 48.5 Å². The van der Waals surface area contributed by atoms with Crippen LogP contribution >= 0.6 is 0 Å². The van der Waals surface area contributed by atoms with Crippen LogP contribution in [0.2, 0.25) is 0 Å². The van der Waals surface area contributed by atoms with Crippen LogP contribution < -0.4 is 15.0 Å². The lowest BCUT2D eigenvalue weighted by atomic mass is 10.0. The van der Waals surface area contributed by atoms with Crippen LogP contribution in [0.5, 0.6) is 5.75 Å². The first-order chi connectivity index (χ1) is 12.4. The Hall–Kier alpha value is -2.82. The molecule has 0 aromatic heterocycles. The summed E-state index contributed by atoms with van der Waals surface area (Å²) in [4.78, 5) is 26.1. The molecule has 0 unspecified atom stereocenters. The van der Waals surface area contributed by atoms with E-state index in [1.165, 1.54) is 11.8 Å². The largest absolute Gasteiger partial charge is 0.496 e. The molecule has 0 bridgehead atoms. The van der Waals surface area contributed by atoms with Gasteiger partial charge in [0.15, 0.2) is 0 Å². The second kappa shape index (κ2) is 9.04. The lowest BCUT2D eigenvalue weighted by Gasteiger charge is -2.25. The van der Waals surface area contributed by atoms with Gasteiger partial charge in [-0.15, -0.1) is 0 Å². The third-order valence-electron chi connectivity index (χ3n) is 4.20. The number of nitrogens with one attached hydrogen (secondary N) is 1. The SMILES string of the molecule is COc1ccccc1CNC(=O)CN(C(C)=O)c1ccccc1C(C)C. The van der Waals surface area contributed by atoms with Gasteiger partial charge in [-0.2, -0.15) is 0 Å². The third kappa shape index (κ3) is 4.85. The fraction of sp³-hybridized carbons (Fsp3) is 0.333. The molecule has 0 aliphatic carbocycles. The first-order valence-corrected chi connectivity index (χ1v) is 8.69. The van der Waals surface area contributed by atoms with Gasteiger partial charge in [0.25, 0.3) is 0 Å². The number of methoxy groups -OCH3 is 1. The summed E-state index contributed by atoms with van der Waals surface area (Å²) in [5, 5.41) is 2.86. The van der Waals surface area contributed by atoms with Gasteiger partial charge in [0.2, 0.25) is 11.8 Å². The quantitative estimate of drug-likeness (QED) is 0.828. The van der Waals surface area contributed by atoms with Crippen molar-refractivity contribution in [2.75, 3.05) is 18.6 Å². The van der Waals surface area contributed by atoms with Crippen LogP contribution in [0.4, 0.5) is 5.69 Å². The average molecular weight is 354 g/mol. The van der Waals surface area contributed by atoms with Gasteiger partial charge < -0.3 is 15.0 Å². The standard InChI is InChI=1S/C21H26N2O3/c1-15(2)18-10-6-7-11-19(18)23(16(3)24)14-21(25)22-13-17-9-5-8-12-20(17)26-4/h5-12,15H,13-14H2,1-4H3,(H,22,25). The molecule has 0 atom stereocenters. The molecule has 0 saturated heterocycles. The van der Waals surface area contributed by atoms with Crippen LogP contribution in [0.15, 0.2) is 48.5 Å². The summed E-state index contributed by atoms with van der Waals surface area (Å²) in [6.45, 7) is 5.94. The van der Waals surface area contributed by atoms with Gasteiger partial charge >= 0.3 is 0 Å². The fourth-order valence-electron chi connectivity index (χ4n) is 2.83. The number of ether oxygens (including phenoxy) is 1. The Morgan fingerprint density at radius 1 is 1.08 bits per heavy atom. The molecule has 0 radical (unpaired) electrons. The van der Waals surface area contributed by atoms with Gasteiger partial charge in [0.05, 0.1) is 7.11 Å². The van der Waals surface area contributed by atoms with Gasteiger partial charge in [0.1, 0.15) is 12.3 Å². The highest BCUT2D eigenvalue weighted by Gasteiger charge is 2.19. The summed E-state index contributed by atoms with van der Waals surface area (Å²) in [6.07, 6.45) is 0. The van der Waals surface area contributed by atoms with E-state index >= 15 is 0 Å². The maximum Gasteiger partial charge on any atom is 0.240 e. The smallest absolute Gasteiger partial charge is 0.240 e. The number of para-hydroxylation sites is 2. The summed E-state index contributed by atoms with van der Waals surface area (Å²) in [6, 6.07) is 15.2. The van der Waals surface area contributed by atoms with Crippen LogP contribution in [-0.4, -0.2) is 25.5 Å². The van der Waals surface area contributed by atoms with E-state index in [9.17, 15) is 9.59 Å². The Bertz CT molecular complexity index is 771. The molecule has 0 saturated carbocycles. The molecule has 2 amide bonds. The minimum absolute atomic E-state index is 0.0196. The molecule has 1 N–H and O–H groups in total. The van der Waals surface area contributed by atoms with Crippen molar-refractivity contribution in [3.63, 3.8) is 0 Å². The maximum atomic E-state index is 12.4. The molecule has 5 heteroatoms. The van der Waals surface area contributed by atoms with E-state index in [2.05, 4.69) is 19.2 Å². The zero-order chi connectivity index (χ0) is 19.1. The molecule has 0 heterocycles. The Morgan fingerprint density at radius 2 is 1.73 bits per heavy atom. The molecular formula is C21H26N2O3. The number of amides is 2. The summed E-state index contributed by atoms with van der Waals surface area (Å²) < 4.78 is 5.29. The average Bonchev–Trinajstić information content (AvgIpc) is 2.64. The van der Waals surface area contributed by atoms with Gasteiger partial charge in [-0.05, 0) is 23.6 Å².